The Hall–Kier alpha value is -2.32. The summed E-state index contributed by atoms with van der Waals surface area (Å²) in [5, 5.41) is 9.88. The van der Waals surface area contributed by atoms with Crippen LogP contribution in [0.5, 0.6) is 11.5 Å². The first-order valence-corrected chi connectivity index (χ1v) is 9.31. The summed E-state index contributed by atoms with van der Waals surface area (Å²) in [7, 11) is 3.16. The first-order chi connectivity index (χ1) is 13.0. The molecule has 0 amide bonds. The first kappa shape index (κ1) is 21.0. The van der Waals surface area contributed by atoms with Crippen molar-refractivity contribution in [1.29, 1.82) is 5.26 Å². The molecule has 146 valence electrons. The highest BCUT2D eigenvalue weighted by Crippen LogP contribution is 2.53. The fraction of sp³-hybridized carbons (Fsp3) is 0.545. The van der Waals surface area contributed by atoms with E-state index in [-0.39, 0.29) is 12.6 Å². The zero-order valence-electron chi connectivity index (χ0n) is 16.5. The highest BCUT2D eigenvalue weighted by atomic mass is 16.7. The number of nitrogens with zero attached hydrogens (tertiary/aromatic N) is 1. The van der Waals surface area contributed by atoms with Crippen molar-refractivity contribution in [3.8, 4) is 17.6 Å². The molecule has 0 bridgehead atoms. The SMILES string of the molecule is C=CC[C@@]1(CCc2cccc(OC)c2OCOC)C(=O)CCC[C@@]1(C)C#N. The van der Waals surface area contributed by atoms with E-state index in [2.05, 4.69) is 12.6 Å². The van der Waals surface area contributed by atoms with Gasteiger partial charge in [-0.05, 0) is 50.7 Å². The van der Waals surface area contributed by atoms with Gasteiger partial charge in [0.1, 0.15) is 5.78 Å². The van der Waals surface area contributed by atoms with E-state index in [4.69, 9.17) is 14.2 Å². The highest BCUT2D eigenvalue weighted by Gasteiger charge is 2.54. The molecule has 1 aliphatic rings. The number of carbonyl (C=O) groups is 1. The van der Waals surface area contributed by atoms with Crippen molar-refractivity contribution < 1.29 is 19.0 Å². The maximum atomic E-state index is 13.0. The number of hydrogen-bond acceptors (Lipinski definition) is 5. The maximum Gasteiger partial charge on any atom is 0.188 e. The van der Waals surface area contributed by atoms with Gasteiger partial charge in [0.15, 0.2) is 18.3 Å². The second-order valence-corrected chi connectivity index (χ2v) is 7.29. The number of para-hydroxylation sites is 1. The molecular weight excluding hydrogens is 342 g/mol. The van der Waals surface area contributed by atoms with Gasteiger partial charge in [0, 0.05) is 13.5 Å². The fourth-order valence-corrected chi connectivity index (χ4v) is 4.20. The molecule has 0 radical (unpaired) electrons. The Balaban J connectivity index is 2.37. The summed E-state index contributed by atoms with van der Waals surface area (Å²) in [6.07, 6.45) is 5.47. The number of hydrogen-bond donors (Lipinski definition) is 0. The highest BCUT2D eigenvalue weighted by molar-refractivity contribution is 5.87. The third-order valence-corrected chi connectivity index (χ3v) is 5.83. The quantitative estimate of drug-likeness (QED) is 0.474. The van der Waals surface area contributed by atoms with Gasteiger partial charge >= 0.3 is 0 Å². The van der Waals surface area contributed by atoms with E-state index >= 15 is 0 Å². The van der Waals surface area contributed by atoms with Gasteiger partial charge in [0.2, 0.25) is 0 Å². The van der Waals surface area contributed by atoms with E-state index in [0.29, 0.717) is 37.2 Å². The van der Waals surface area contributed by atoms with Crippen molar-refractivity contribution in [2.75, 3.05) is 21.0 Å². The van der Waals surface area contributed by atoms with Crippen molar-refractivity contribution in [3.63, 3.8) is 0 Å². The normalized spacial score (nSPS) is 24.9. The lowest BCUT2D eigenvalue weighted by Gasteiger charge is -2.46. The molecule has 1 aromatic rings. The molecule has 1 aliphatic carbocycles. The summed E-state index contributed by atoms with van der Waals surface area (Å²) < 4.78 is 16.2. The summed E-state index contributed by atoms with van der Waals surface area (Å²) in [5.41, 5.74) is -0.472. The molecule has 27 heavy (non-hydrogen) atoms. The predicted molar refractivity (Wildman–Crippen MR) is 104 cm³/mol. The molecule has 1 fully saturated rings. The standard InChI is InChI=1S/C22H29NO4/c1-5-12-22(19(24)10-7-13-21(22,2)15-23)14-11-17-8-6-9-18(26-4)20(17)27-16-25-3/h5-6,8-9H,1,7,10-14,16H2,2-4H3/t21-,22+/m0/s1. The molecule has 1 saturated carbocycles. The van der Waals surface area contributed by atoms with Crippen LogP contribution in [-0.2, 0) is 16.0 Å². The van der Waals surface area contributed by atoms with Crippen LogP contribution in [0.15, 0.2) is 30.9 Å². The lowest BCUT2D eigenvalue weighted by Crippen LogP contribution is -2.48. The van der Waals surface area contributed by atoms with Gasteiger partial charge in [-0.3, -0.25) is 4.79 Å². The van der Waals surface area contributed by atoms with Gasteiger partial charge in [0.25, 0.3) is 0 Å². The lowest BCUT2D eigenvalue weighted by molar-refractivity contribution is -0.138. The Kier molecular flexibility index (Phi) is 7.04. The van der Waals surface area contributed by atoms with Crippen LogP contribution in [0.3, 0.4) is 0 Å². The Morgan fingerprint density at radius 3 is 2.78 bits per heavy atom. The largest absolute Gasteiger partial charge is 0.493 e. The second-order valence-electron chi connectivity index (χ2n) is 7.29. The number of carbonyl (C=O) groups excluding carboxylic acids is 1. The van der Waals surface area contributed by atoms with Crippen LogP contribution in [-0.4, -0.2) is 26.8 Å². The molecule has 1 aromatic carbocycles. The number of nitriles is 1. The monoisotopic (exact) mass is 371 g/mol. The molecule has 0 spiro atoms. The smallest absolute Gasteiger partial charge is 0.188 e. The summed E-state index contributed by atoms with van der Waals surface area (Å²) in [6, 6.07) is 8.15. The number of benzene rings is 1. The van der Waals surface area contributed by atoms with Crippen LogP contribution in [0.25, 0.3) is 0 Å². The number of methoxy groups -OCH3 is 2. The molecule has 5 heteroatoms. The number of allylic oxidation sites excluding steroid dienone is 1. The molecule has 0 aromatic heterocycles. The fourth-order valence-electron chi connectivity index (χ4n) is 4.20. The van der Waals surface area contributed by atoms with Gasteiger partial charge in [0.05, 0.1) is 24.0 Å². The van der Waals surface area contributed by atoms with Gasteiger partial charge < -0.3 is 14.2 Å². The minimum atomic E-state index is -0.719. The number of ketones is 1. The van der Waals surface area contributed by atoms with Gasteiger partial charge in [-0.2, -0.15) is 5.26 Å². The zero-order valence-corrected chi connectivity index (χ0v) is 16.5. The third-order valence-electron chi connectivity index (χ3n) is 5.83. The maximum absolute atomic E-state index is 13.0. The Labute approximate surface area is 161 Å². The van der Waals surface area contributed by atoms with E-state index in [1.54, 1.807) is 20.3 Å². The summed E-state index contributed by atoms with van der Waals surface area (Å²) in [6.45, 7) is 5.88. The van der Waals surface area contributed by atoms with Crippen molar-refractivity contribution in [3.05, 3.63) is 36.4 Å². The second kappa shape index (κ2) is 9.05. The molecule has 0 aliphatic heterocycles. The van der Waals surface area contributed by atoms with E-state index in [1.807, 2.05) is 25.1 Å². The molecule has 0 saturated heterocycles. The lowest BCUT2D eigenvalue weighted by atomic mass is 9.53. The molecule has 2 rings (SSSR count). The molecule has 0 heterocycles. The molecule has 0 N–H and O–H groups in total. The van der Waals surface area contributed by atoms with Crippen LogP contribution >= 0.6 is 0 Å². The topological polar surface area (TPSA) is 68.6 Å². The van der Waals surface area contributed by atoms with Crippen LogP contribution in [0.4, 0.5) is 0 Å². The Bertz CT molecular complexity index is 724. The van der Waals surface area contributed by atoms with E-state index < -0.39 is 10.8 Å². The van der Waals surface area contributed by atoms with Crippen LogP contribution in [0, 0.1) is 22.2 Å². The van der Waals surface area contributed by atoms with E-state index in [9.17, 15) is 10.1 Å². The molecular formula is C22H29NO4. The van der Waals surface area contributed by atoms with Crippen molar-refractivity contribution >= 4 is 5.78 Å². The van der Waals surface area contributed by atoms with Gasteiger partial charge in [-0.15, -0.1) is 6.58 Å². The number of rotatable bonds is 9. The minimum Gasteiger partial charge on any atom is -0.493 e. The van der Waals surface area contributed by atoms with Crippen molar-refractivity contribution in [1.82, 2.24) is 0 Å². The van der Waals surface area contributed by atoms with Crippen molar-refractivity contribution in [2.24, 2.45) is 10.8 Å². The van der Waals surface area contributed by atoms with Crippen molar-refractivity contribution in [2.45, 2.75) is 45.4 Å². The molecule has 0 unspecified atom stereocenters. The van der Waals surface area contributed by atoms with Gasteiger partial charge in [-0.1, -0.05) is 18.2 Å². The van der Waals surface area contributed by atoms with E-state index in [0.717, 1.165) is 18.4 Å². The van der Waals surface area contributed by atoms with Gasteiger partial charge in [-0.25, -0.2) is 0 Å². The average Bonchev–Trinajstić information content (AvgIpc) is 2.68. The Morgan fingerprint density at radius 2 is 2.15 bits per heavy atom. The van der Waals surface area contributed by atoms with Crippen LogP contribution in [0.1, 0.15) is 44.6 Å². The summed E-state index contributed by atoms with van der Waals surface area (Å²) in [4.78, 5) is 13.0. The zero-order chi connectivity index (χ0) is 19.9. The number of ether oxygens (including phenoxy) is 3. The number of Topliss-reactive ketones (excluding diaryl/α,β-unsaturated/α-hetero) is 1. The number of aryl methyl sites for hydroxylation is 1. The third kappa shape index (κ3) is 4.01. The molecule has 2 atom stereocenters. The first-order valence-electron chi connectivity index (χ1n) is 9.31. The summed E-state index contributed by atoms with van der Waals surface area (Å²) in [5.74, 6) is 1.41. The summed E-state index contributed by atoms with van der Waals surface area (Å²) >= 11 is 0. The molecule has 5 nitrogen and oxygen atoms in total. The van der Waals surface area contributed by atoms with Crippen LogP contribution < -0.4 is 9.47 Å². The predicted octanol–water partition coefficient (Wildman–Crippen LogP) is 4.46. The van der Waals surface area contributed by atoms with E-state index in [1.165, 1.54) is 0 Å². The van der Waals surface area contributed by atoms with Crippen LogP contribution in [0.2, 0.25) is 0 Å². The minimum absolute atomic E-state index is 0.111. The average molecular weight is 371 g/mol. The Morgan fingerprint density at radius 1 is 1.37 bits per heavy atom.